The number of nitrogens with zero attached hydrogens (tertiary/aromatic N) is 4. The summed E-state index contributed by atoms with van der Waals surface area (Å²) >= 11 is 1.20. The van der Waals surface area contributed by atoms with Crippen molar-refractivity contribution in [3.05, 3.63) is 51.8 Å². The Morgan fingerprint density at radius 3 is 2.85 bits per heavy atom. The lowest BCUT2D eigenvalue weighted by Gasteiger charge is -2.02. The van der Waals surface area contributed by atoms with Crippen molar-refractivity contribution in [2.45, 2.75) is 6.61 Å². The van der Waals surface area contributed by atoms with Crippen LogP contribution in [0, 0.1) is 0 Å². The lowest BCUT2D eigenvalue weighted by atomic mass is 10.1. The second kappa shape index (κ2) is 7.09. The van der Waals surface area contributed by atoms with E-state index in [0.29, 0.717) is 28.6 Å². The van der Waals surface area contributed by atoms with Crippen LogP contribution in [0.5, 0.6) is 0 Å². The maximum Gasteiger partial charge on any atom is 0.301 e. The number of nitrogens with one attached hydrogen (secondary N) is 2. The minimum Gasteiger partial charge on any atom is -0.378 e. The zero-order chi connectivity index (χ0) is 18.8. The number of rotatable bonds is 6. The van der Waals surface area contributed by atoms with Gasteiger partial charge >= 0.3 is 5.56 Å². The Morgan fingerprint density at radius 1 is 1.30 bits per heavy atom. The van der Waals surface area contributed by atoms with Crippen LogP contribution in [-0.2, 0) is 16.1 Å². The second-order valence-electron chi connectivity index (χ2n) is 5.58. The molecule has 0 aliphatic carbocycles. The average molecular weight is 382 g/mol. The van der Waals surface area contributed by atoms with E-state index in [0.717, 1.165) is 11.1 Å². The number of aromatic nitrogens is 5. The highest BCUT2D eigenvalue weighted by Gasteiger charge is 2.20. The molecule has 0 unspecified atom stereocenters. The fourth-order valence-electron chi connectivity index (χ4n) is 2.80. The molecule has 0 saturated heterocycles. The minimum absolute atomic E-state index is 0.0903. The predicted octanol–water partition coefficient (Wildman–Crippen LogP) is 1.92. The first-order chi connectivity index (χ1) is 13.2. The number of methoxy groups -OCH3 is 1. The SMILES string of the molecule is COCc1[nH]n2c(=O)c(-c3csc(NC=O)n3)nnc2c1-c1ccccc1. The number of thiazole rings is 1. The van der Waals surface area contributed by atoms with Crippen molar-refractivity contribution in [1.29, 1.82) is 0 Å². The van der Waals surface area contributed by atoms with Crippen LogP contribution in [0.3, 0.4) is 0 Å². The molecule has 27 heavy (non-hydrogen) atoms. The van der Waals surface area contributed by atoms with Gasteiger partial charge in [-0.3, -0.25) is 14.7 Å². The summed E-state index contributed by atoms with van der Waals surface area (Å²) in [7, 11) is 1.58. The molecule has 4 rings (SSSR count). The second-order valence-corrected chi connectivity index (χ2v) is 6.44. The topological polar surface area (TPSA) is 114 Å². The molecule has 2 N–H and O–H groups in total. The highest BCUT2D eigenvalue weighted by atomic mass is 32.1. The largest absolute Gasteiger partial charge is 0.378 e. The molecule has 0 aliphatic heterocycles. The summed E-state index contributed by atoms with van der Waals surface area (Å²) in [5.74, 6) is 0. The number of anilines is 1. The smallest absolute Gasteiger partial charge is 0.301 e. The molecule has 0 radical (unpaired) electrons. The third-order valence-corrected chi connectivity index (χ3v) is 4.69. The molecule has 1 amide bonds. The van der Waals surface area contributed by atoms with Crippen LogP contribution in [-0.4, -0.2) is 38.3 Å². The Bertz CT molecular complexity index is 1160. The summed E-state index contributed by atoms with van der Waals surface area (Å²) in [4.78, 5) is 27.7. The molecule has 0 spiro atoms. The summed E-state index contributed by atoms with van der Waals surface area (Å²) in [6.07, 6.45) is 0.526. The van der Waals surface area contributed by atoms with E-state index in [4.69, 9.17) is 4.74 Å². The van der Waals surface area contributed by atoms with Gasteiger partial charge in [-0.25, -0.2) is 4.98 Å². The molecule has 0 fully saturated rings. The Labute approximate surface area is 156 Å². The maximum absolute atomic E-state index is 13.0. The maximum atomic E-state index is 13.0. The van der Waals surface area contributed by atoms with Crippen molar-refractivity contribution in [3.63, 3.8) is 0 Å². The van der Waals surface area contributed by atoms with E-state index >= 15 is 0 Å². The summed E-state index contributed by atoms with van der Waals surface area (Å²) in [5.41, 5.74) is 2.83. The highest BCUT2D eigenvalue weighted by molar-refractivity contribution is 7.14. The highest BCUT2D eigenvalue weighted by Crippen LogP contribution is 2.28. The monoisotopic (exact) mass is 382 g/mol. The van der Waals surface area contributed by atoms with Crippen molar-refractivity contribution < 1.29 is 9.53 Å². The number of ether oxygens (including phenoxy) is 1. The standard InChI is InChI=1S/C17H14N6O3S/c1-26-7-11-13(10-5-3-2-4-6-10)15-21-20-14(16(25)23(15)22-11)12-8-27-17(19-12)18-9-24/h2-6,8-9,22H,7H2,1H3,(H,18,19,24). The molecule has 0 aliphatic rings. The fraction of sp³-hybridized carbons (Fsp3) is 0.118. The van der Waals surface area contributed by atoms with Gasteiger partial charge in [-0.05, 0) is 5.56 Å². The Kier molecular flexibility index (Phi) is 4.48. The molecular formula is C17H14N6O3S. The normalized spacial score (nSPS) is 11.0. The lowest BCUT2D eigenvalue weighted by Crippen LogP contribution is -2.19. The summed E-state index contributed by atoms with van der Waals surface area (Å²) in [6, 6.07) is 9.59. The van der Waals surface area contributed by atoms with Crippen LogP contribution in [0.4, 0.5) is 5.13 Å². The zero-order valence-electron chi connectivity index (χ0n) is 14.2. The van der Waals surface area contributed by atoms with Gasteiger partial charge in [0.05, 0.1) is 17.9 Å². The van der Waals surface area contributed by atoms with Gasteiger partial charge in [-0.2, -0.15) is 4.52 Å². The molecule has 3 aromatic heterocycles. The Hall–Kier alpha value is -3.37. The van der Waals surface area contributed by atoms with Crippen LogP contribution in [0.25, 0.3) is 28.2 Å². The first kappa shape index (κ1) is 17.1. The number of H-pyrrole nitrogens is 1. The third-order valence-electron chi connectivity index (χ3n) is 3.91. The van der Waals surface area contributed by atoms with Gasteiger partial charge in [0.2, 0.25) is 6.41 Å². The van der Waals surface area contributed by atoms with E-state index in [1.165, 1.54) is 15.9 Å². The number of hydrogen-bond donors (Lipinski definition) is 2. The molecule has 0 saturated carbocycles. The first-order valence-corrected chi connectivity index (χ1v) is 8.81. The van der Waals surface area contributed by atoms with Gasteiger partial charge in [-0.15, -0.1) is 21.5 Å². The number of carbonyl (C=O) groups is 1. The van der Waals surface area contributed by atoms with Gasteiger partial charge < -0.3 is 10.1 Å². The summed E-state index contributed by atoms with van der Waals surface area (Å²) in [6.45, 7) is 0.284. The quantitative estimate of drug-likeness (QED) is 0.493. The van der Waals surface area contributed by atoms with Crippen molar-refractivity contribution in [1.82, 2.24) is 24.8 Å². The minimum atomic E-state index is -0.387. The van der Waals surface area contributed by atoms with Crippen molar-refractivity contribution in [3.8, 4) is 22.5 Å². The molecular weight excluding hydrogens is 368 g/mol. The number of aromatic amines is 1. The summed E-state index contributed by atoms with van der Waals surface area (Å²) in [5, 5.41) is 15.9. The van der Waals surface area contributed by atoms with Crippen LogP contribution < -0.4 is 10.9 Å². The van der Waals surface area contributed by atoms with E-state index < -0.39 is 0 Å². The average Bonchev–Trinajstić information content (AvgIpc) is 3.28. The molecule has 10 heteroatoms. The zero-order valence-corrected chi connectivity index (χ0v) is 15.0. The van der Waals surface area contributed by atoms with Gasteiger partial charge in [0, 0.05) is 12.5 Å². The van der Waals surface area contributed by atoms with E-state index in [1.807, 2.05) is 30.3 Å². The van der Waals surface area contributed by atoms with Crippen molar-refractivity contribution in [2.75, 3.05) is 12.4 Å². The number of amides is 1. The van der Waals surface area contributed by atoms with Crippen molar-refractivity contribution >= 4 is 28.5 Å². The number of carbonyl (C=O) groups excluding carboxylic acids is 1. The molecule has 3 heterocycles. The molecule has 1 aromatic carbocycles. The van der Waals surface area contributed by atoms with Crippen LogP contribution >= 0.6 is 11.3 Å². The number of hydrogen-bond acceptors (Lipinski definition) is 7. The predicted molar refractivity (Wildman–Crippen MR) is 101 cm³/mol. The van der Waals surface area contributed by atoms with Crippen molar-refractivity contribution in [2.24, 2.45) is 0 Å². The number of fused-ring (bicyclic) bond motifs is 1. The number of benzene rings is 1. The van der Waals surface area contributed by atoms with Gasteiger partial charge in [0.15, 0.2) is 16.5 Å². The fourth-order valence-corrected chi connectivity index (χ4v) is 3.45. The molecule has 0 bridgehead atoms. The van der Waals surface area contributed by atoms with E-state index in [-0.39, 0.29) is 17.9 Å². The molecule has 9 nitrogen and oxygen atoms in total. The van der Waals surface area contributed by atoms with Gasteiger partial charge in [0.25, 0.3) is 0 Å². The van der Waals surface area contributed by atoms with E-state index in [1.54, 1.807) is 12.5 Å². The molecule has 136 valence electrons. The first-order valence-electron chi connectivity index (χ1n) is 7.93. The Morgan fingerprint density at radius 2 is 2.11 bits per heavy atom. The van der Waals surface area contributed by atoms with Gasteiger partial charge in [-0.1, -0.05) is 30.3 Å². The third kappa shape index (κ3) is 3.00. The molecule has 4 aromatic rings. The van der Waals surface area contributed by atoms with Crippen LogP contribution in [0.2, 0.25) is 0 Å². The lowest BCUT2D eigenvalue weighted by molar-refractivity contribution is -0.105. The molecule has 0 atom stereocenters. The van der Waals surface area contributed by atoms with E-state index in [2.05, 4.69) is 25.6 Å². The summed E-state index contributed by atoms with van der Waals surface area (Å²) < 4.78 is 6.60. The van der Waals surface area contributed by atoms with Crippen LogP contribution in [0.15, 0.2) is 40.5 Å². The Balaban J connectivity index is 1.91. The van der Waals surface area contributed by atoms with Gasteiger partial charge in [0.1, 0.15) is 5.69 Å². The van der Waals surface area contributed by atoms with E-state index in [9.17, 15) is 9.59 Å². The van der Waals surface area contributed by atoms with Crippen LogP contribution in [0.1, 0.15) is 5.69 Å².